The van der Waals surface area contributed by atoms with Crippen molar-refractivity contribution in [2.75, 3.05) is 19.6 Å². The van der Waals surface area contributed by atoms with Gasteiger partial charge in [-0.15, -0.1) is 12.4 Å². The maximum atomic E-state index is 4.19. The van der Waals surface area contributed by atoms with Gasteiger partial charge in [0, 0.05) is 44.6 Å². The monoisotopic (exact) mass is 241 g/mol. The minimum atomic E-state index is 0. The molecule has 1 fully saturated rings. The molecule has 90 valence electrons. The van der Waals surface area contributed by atoms with Crippen molar-refractivity contribution in [3.63, 3.8) is 0 Å². The topological polar surface area (TPSA) is 28.2 Å². The predicted octanol–water partition coefficient (Wildman–Crippen LogP) is 1.61. The highest BCUT2D eigenvalue weighted by atomic mass is 35.5. The molecule has 1 N–H and O–H groups in total. The zero-order valence-electron chi connectivity index (χ0n) is 9.94. The predicted molar refractivity (Wildman–Crippen MR) is 69.0 cm³/mol. The molecule has 2 heterocycles. The summed E-state index contributed by atoms with van der Waals surface area (Å²) in [5.74, 6) is 0. The first-order valence-electron chi connectivity index (χ1n) is 5.61. The maximum absolute atomic E-state index is 4.19. The van der Waals surface area contributed by atoms with E-state index in [-0.39, 0.29) is 12.4 Å². The molecule has 0 saturated carbocycles. The first-order chi connectivity index (χ1) is 7.25. The molecular formula is C12H20ClN3. The van der Waals surface area contributed by atoms with Crippen molar-refractivity contribution in [1.29, 1.82) is 0 Å². The SMILES string of the molecule is Cc1ccncc1CN1CCNC(C)C1.Cl. The lowest BCUT2D eigenvalue weighted by Crippen LogP contribution is -2.48. The number of hydrogen-bond donors (Lipinski definition) is 1. The van der Waals surface area contributed by atoms with Gasteiger partial charge < -0.3 is 5.32 Å². The Hall–Kier alpha value is -0.640. The molecule has 3 nitrogen and oxygen atoms in total. The van der Waals surface area contributed by atoms with Crippen molar-refractivity contribution in [3.8, 4) is 0 Å². The lowest BCUT2D eigenvalue weighted by molar-refractivity contribution is 0.199. The highest BCUT2D eigenvalue weighted by Crippen LogP contribution is 2.10. The summed E-state index contributed by atoms with van der Waals surface area (Å²) in [4.78, 5) is 6.68. The molecule has 1 aromatic rings. The minimum Gasteiger partial charge on any atom is -0.312 e. The van der Waals surface area contributed by atoms with E-state index in [1.807, 2.05) is 12.4 Å². The van der Waals surface area contributed by atoms with Gasteiger partial charge in [0.15, 0.2) is 0 Å². The average Bonchev–Trinajstić information content (AvgIpc) is 2.22. The van der Waals surface area contributed by atoms with Crippen LogP contribution in [0.1, 0.15) is 18.1 Å². The fourth-order valence-electron chi connectivity index (χ4n) is 2.06. The molecule has 0 amide bonds. The second kappa shape index (κ2) is 6.18. The number of aryl methyl sites for hydroxylation is 1. The van der Waals surface area contributed by atoms with E-state index in [1.165, 1.54) is 11.1 Å². The fourth-order valence-corrected chi connectivity index (χ4v) is 2.06. The van der Waals surface area contributed by atoms with Crippen LogP contribution in [0, 0.1) is 6.92 Å². The van der Waals surface area contributed by atoms with Crippen LogP contribution in [0.4, 0.5) is 0 Å². The second-order valence-electron chi connectivity index (χ2n) is 4.39. The van der Waals surface area contributed by atoms with Crippen molar-refractivity contribution in [2.24, 2.45) is 0 Å². The molecule has 2 rings (SSSR count). The van der Waals surface area contributed by atoms with E-state index >= 15 is 0 Å². The summed E-state index contributed by atoms with van der Waals surface area (Å²) in [5, 5.41) is 3.46. The Morgan fingerprint density at radius 3 is 3.06 bits per heavy atom. The van der Waals surface area contributed by atoms with Gasteiger partial charge in [0.2, 0.25) is 0 Å². The summed E-state index contributed by atoms with van der Waals surface area (Å²) in [6.45, 7) is 8.80. The molecule has 1 atom stereocenters. The van der Waals surface area contributed by atoms with Crippen molar-refractivity contribution in [3.05, 3.63) is 29.6 Å². The molecule has 1 aromatic heterocycles. The molecule has 0 radical (unpaired) electrons. The Kier molecular flexibility index (Phi) is 5.19. The van der Waals surface area contributed by atoms with E-state index in [1.54, 1.807) is 0 Å². The van der Waals surface area contributed by atoms with E-state index in [0.29, 0.717) is 6.04 Å². The van der Waals surface area contributed by atoms with Crippen molar-refractivity contribution in [2.45, 2.75) is 26.4 Å². The Balaban J connectivity index is 0.00000128. The van der Waals surface area contributed by atoms with Gasteiger partial charge in [0.25, 0.3) is 0 Å². The second-order valence-corrected chi connectivity index (χ2v) is 4.39. The van der Waals surface area contributed by atoms with E-state index in [2.05, 4.69) is 35.1 Å². The molecule has 1 aliphatic rings. The normalized spacial score (nSPS) is 21.5. The zero-order valence-corrected chi connectivity index (χ0v) is 10.8. The summed E-state index contributed by atoms with van der Waals surface area (Å²) in [6.07, 6.45) is 3.85. The third kappa shape index (κ3) is 3.44. The van der Waals surface area contributed by atoms with Gasteiger partial charge >= 0.3 is 0 Å². The zero-order chi connectivity index (χ0) is 10.7. The van der Waals surface area contributed by atoms with Gasteiger partial charge in [-0.1, -0.05) is 0 Å². The Morgan fingerprint density at radius 1 is 1.56 bits per heavy atom. The van der Waals surface area contributed by atoms with Crippen LogP contribution >= 0.6 is 12.4 Å². The highest BCUT2D eigenvalue weighted by molar-refractivity contribution is 5.85. The van der Waals surface area contributed by atoms with Crippen LogP contribution in [-0.4, -0.2) is 35.6 Å². The molecular weight excluding hydrogens is 222 g/mol. The molecule has 0 aliphatic carbocycles. The summed E-state index contributed by atoms with van der Waals surface area (Å²) < 4.78 is 0. The summed E-state index contributed by atoms with van der Waals surface area (Å²) >= 11 is 0. The number of rotatable bonds is 2. The van der Waals surface area contributed by atoms with Gasteiger partial charge in [-0.25, -0.2) is 0 Å². The first kappa shape index (κ1) is 13.4. The van der Waals surface area contributed by atoms with Crippen LogP contribution in [0.15, 0.2) is 18.5 Å². The molecule has 1 aliphatic heterocycles. The number of nitrogens with zero attached hydrogens (tertiary/aromatic N) is 2. The van der Waals surface area contributed by atoms with Gasteiger partial charge in [-0.05, 0) is 31.0 Å². The number of halogens is 1. The van der Waals surface area contributed by atoms with Crippen LogP contribution in [0.5, 0.6) is 0 Å². The molecule has 16 heavy (non-hydrogen) atoms. The standard InChI is InChI=1S/C12H19N3.ClH/c1-10-3-4-13-7-12(10)9-15-6-5-14-11(2)8-15;/h3-4,7,11,14H,5-6,8-9H2,1-2H3;1H. The summed E-state index contributed by atoms with van der Waals surface area (Å²) in [6, 6.07) is 2.69. The van der Waals surface area contributed by atoms with Gasteiger partial charge in [0.1, 0.15) is 0 Å². The number of aromatic nitrogens is 1. The molecule has 0 spiro atoms. The third-order valence-corrected chi connectivity index (χ3v) is 2.99. The third-order valence-electron chi connectivity index (χ3n) is 2.99. The minimum absolute atomic E-state index is 0. The molecule has 1 unspecified atom stereocenters. The molecule has 1 saturated heterocycles. The van der Waals surface area contributed by atoms with Crippen LogP contribution < -0.4 is 5.32 Å². The van der Waals surface area contributed by atoms with Gasteiger partial charge in [-0.2, -0.15) is 0 Å². The van der Waals surface area contributed by atoms with Crippen LogP contribution in [0.2, 0.25) is 0 Å². The number of pyridine rings is 1. The molecule has 4 heteroatoms. The average molecular weight is 242 g/mol. The van der Waals surface area contributed by atoms with E-state index < -0.39 is 0 Å². The first-order valence-corrected chi connectivity index (χ1v) is 5.61. The Labute approximate surface area is 104 Å². The number of piperazine rings is 1. The molecule has 0 bridgehead atoms. The van der Waals surface area contributed by atoms with Gasteiger partial charge in [-0.3, -0.25) is 9.88 Å². The fraction of sp³-hybridized carbons (Fsp3) is 0.583. The number of nitrogens with one attached hydrogen (secondary N) is 1. The van der Waals surface area contributed by atoms with Crippen molar-refractivity contribution < 1.29 is 0 Å². The quantitative estimate of drug-likeness (QED) is 0.853. The molecule has 0 aromatic carbocycles. The summed E-state index contributed by atoms with van der Waals surface area (Å²) in [5.41, 5.74) is 2.70. The highest BCUT2D eigenvalue weighted by Gasteiger charge is 2.15. The Morgan fingerprint density at radius 2 is 2.38 bits per heavy atom. The van der Waals surface area contributed by atoms with Gasteiger partial charge in [0.05, 0.1) is 0 Å². The van der Waals surface area contributed by atoms with Crippen LogP contribution in [0.3, 0.4) is 0 Å². The maximum Gasteiger partial charge on any atom is 0.0315 e. The lowest BCUT2D eigenvalue weighted by atomic mass is 10.1. The van der Waals surface area contributed by atoms with Crippen LogP contribution in [0.25, 0.3) is 0 Å². The van der Waals surface area contributed by atoms with E-state index in [0.717, 1.165) is 26.2 Å². The van der Waals surface area contributed by atoms with Crippen molar-refractivity contribution >= 4 is 12.4 Å². The lowest BCUT2D eigenvalue weighted by Gasteiger charge is -2.32. The largest absolute Gasteiger partial charge is 0.312 e. The Bertz CT molecular complexity index is 330. The van der Waals surface area contributed by atoms with E-state index in [4.69, 9.17) is 0 Å². The smallest absolute Gasteiger partial charge is 0.0315 e. The summed E-state index contributed by atoms with van der Waals surface area (Å²) in [7, 11) is 0. The number of hydrogen-bond acceptors (Lipinski definition) is 3. The van der Waals surface area contributed by atoms with E-state index in [9.17, 15) is 0 Å². The van der Waals surface area contributed by atoms with Crippen LogP contribution in [-0.2, 0) is 6.54 Å². The van der Waals surface area contributed by atoms with Crippen molar-refractivity contribution in [1.82, 2.24) is 15.2 Å².